The number of carbonyl (C=O) groups excluding carboxylic acids is 2. The molecule has 5 nitrogen and oxygen atoms in total. The van der Waals surface area contributed by atoms with Gasteiger partial charge in [-0.2, -0.15) is 0 Å². The van der Waals surface area contributed by atoms with E-state index in [1.54, 1.807) is 0 Å². The number of rotatable bonds is 2. The van der Waals surface area contributed by atoms with Crippen LogP contribution < -0.4 is 5.32 Å². The lowest BCUT2D eigenvalue weighted by Gasteiger charge is -2.21. The van der Waals surface area contributed by atoms with E-state index in [2.05, 4.69) is 5.32 Å². The third-order valence-corrected chi connectivity index (χ3v) is 5.26. The number of nitrogens with one attached hydrogen (secondary N) is 1. The van der Waals surface area contributed by atoms with E-state index in [0.717, 1.165) is 12.8 Å². The molecule has 1 aliphatic heterocycles. The first-order valence-electron chi connectivity index (χ1n) is 5.42. The highest BCUT2D eigenvalue weighted by atomic mass is 32.2. The standard InChI is InChI=1S/C10H15NO4S/c1-16(14,15)8-4-2-3-6(8)7-5-9(12)11-10(7)13/h6-8H,2-5H2,1H3,(H,11,12,13). The van der Waals surface area contributed by atoms with Crippen molar-refractivity contribution in [2.24, 2.45) is 11.8 Å². The van der Waals surface area contributed by atoms with Crippen LogP contribution in [0.5, 0.6) is 0 Å². The van der Waals surface area contributed by atoms with Gasteiger partial charge >= 0.3 is 0 Å². The van der Waals surface area contributed by atoms with Gasteiger partial charge in [0, 0.05) is 12.7 Å². The third kappa shape index (κ3) is 1.98. The molecule has 1 N–H and O–H groups in total. The maximum Gasteiger partial charge on any atom is 0.230 e. The van der Waals surface area contributed by atoms with Gasteiger partial charge in [-0.25, -0.2) is 8.42 Å². The summed E-state index contributed by atoms with van der Waals surface area (Å²) in [6, 6.07) is 0. The molecule has 16 heavy (non-hydrogen) atoms. The van der Waals surface area contributed by atoms with Crippen molar-refractivity contribution in [2.45, 2.75) is 30.9 Å². The predicted molar refractivity (Wildman–Crippen MR) is 57.2 cm³/mol. The topological polar surface area (TPSA) is 80.3 Å². The van der Waals surface area contributed by atoms with Gasteiger partial charge in [0.1, 0.15) is 0 Å². The highest BCUT2D eigenvalue weighted by Crippen LogP contribution is 2.38. The molecule has 1 saturated heterocycles. The average Bonchev–Trinajstić information content (AvgIpc) is 2.69. The lowest BCUT2D eigenvalue weighted by Crippen LogP contribution is -2.33. The van der Waals surface area contributed by atoms with Crippen molar-refractivity contribution in [1.29, 1.82) is 0 Å². The molecule has 1 saturated carbocycles. The molecule has 0 spiro atoms. The van der Waals surface area contributed by atoms with Crippen molar-refractivity contribution in [3.05, 3.63) is 0 Å². The van der Waals surface area contributed by atoms with E-state index in [4.69, 9.17) is 0 Å². The number of amides is 2. The number of carbonyl (C=O) groups is 2. The van der Waals surface area contributed by atoms with Gasteiger partial charge in [-0.15, -0.1) is 0 Å². The Labute approximate surface area is 94.5 Å². The summed E-state index contributed by atoms with van der Waals surface area (Å²) in [5.41, 5.74) is 0. The predicted octanol–water partition coefficient (Wildman–Crippen LogP) is -0.138. The number of hydrogen-bond acceptors (Lipinski definition) is 4. The Morgan fingerprint density at radius 1 is 1.25 bits per heavy atom. The summed E-state index contributed by atoms with van der Waals surface area (Å²) in [6.45, 7) is 0. The van der Waals surface area contributed by atoms with E-state index in [1.807, 2.05) is 0 Å². The van der Waals surface area contributed by atoms with Crippen molar-refractivity contribution in [3.63, 3.8) is 0 Å². The van der Waals surface area contributed by atoms with E-state index in [0.29, 0.717) is 6.42 Å². The monoisotopic (exact) mass is 245 g/mol. The number of hydrogen-bond donors (Lipinski definition) is 1. The van der Waals surface area contributed by atoms with Crippen LogP contribution >= 0.6 is 0 Å². The van der Waals surface area contributed by atoms with Crippen LogP contribution in [0.4, 0.5) is 0 Å². The Morgan fingerprint density at radius 3 is 2.44 bits per heavy atom. The van der Waals surface area contributed by atoms with Gasteiger partial charge in [0.15, 0.2) is 9.84 Å². The Morgan fingerprint density at radius 2 is 1.94 bits per heavy atom. The molecule has 0 aromatic heterocycles. The summed E-state index contributed by atoms with van der Waals surface area (Å²) in [4.78, 5) is 22.6. The fraction of sp³-hybridized carbons (Fsp3) is 0.800. The smallest absolute Gasteiger partial charge is 0.230 e. The fourth-order valence-corrected chi connectivity index (χ4v) is 4.42. The molecule has 2 aliphatic rings. The first kappa shape index (κ1) is 11.6. The van der Waals surface area contributed by atoms with Crippen molar-refractivity contribution in [2.75, 3.05) is 6.26 Å². The van der Waals surface area contributed by atoms with Crippen LogP contribution in [0.1, 0.15) is 25.7 Å². The van der Waals surface area contributed by atoms with Gasteiger partial charge < -0.3 is 0 Å². The minimum Gasteiger partial charge on any atom is -0.296 e. The van der Waals surface area contributed by atoms with Gasteiger partial charge in [-0.3, -0.25) is 14.9 Å². The second-order valence-electron chi connectivity index (χ2n) is 4.69. The van der Waals surface area contributed by atoms with Gasteiger partial charge in [0.2, 0.25) is 11.8 Å². The minimum absolute atomic E-state index is 0.148. The molecule has 2 fully saturated rings. The first-order valence-corrected chi connectivity index (χ1v) is 7.37. The first-order chi connectivity index (χ1) is 7.39. The normalized spacial score (nSPS) is 35.4. The number of sulfone groups is 1. The maximum atomic E-state index is 11.6. The lowest BCUT2D eigenvalue weighted by atomic mass is 9.89. The summed E-state index contributed by atoms with van der Waals surface area (Å²) < 4.78 is 23.1. The summed E-state index contributed by atoms with van der Waals surface area (Å²) in [5, 5.41) is 1.79. The zero-order valence-electron chi connectivity index (χ0n) is 9.10. The molecular weight excluding hydrogens is 230 g/mol. The Bertz CT molecular complexity index is 428. The molecule has 0 aromatic carbocycles. The maximum absolute atomic E-state index is 11.6. The average molecular weight is 245 g/mol. The SMILES string of the molecule is CS(=O)(=O)C1CCCC1C1CC(=O)NC1=O. The molecule has 0 aromatic rings. The summed E-state index contributed by atoms with van der Waals surface area (Å²) in [6.07, 6.45) is 3.52. The van der Waals surface area contributed by atoms with E-state index in [-0.39, 0.29) is 24.2 Å². The van der Waals surface area contributed by atoms with Crippen LogP contribution in [0, 0.1) is 11.8 Å². The van der Waals surface area contributed by atoms with Gasteiger partial charge in [0.05, 0.1) is 11.2 Å². The molecule has 6 heteroatoms. The summed E-state index contributed by atoms with van der Waals surface area (Å²) >= 11 is 0. The van der Waals surface area contributed by atoms with Crippen molar-refractivity contribution >= 4 is 21.7 Å². The van der Waals surface area contributed by atoms with Gasteiger partial charge in [-0.05, 0) is 18.8 Å². The molecule has 1 aliphatic carbocycles. The molecule has 3 unspecified atom stereocenters. The quantitative estimate of drug-likeness (QED) is 0.687. The van der Waals surface area contributed by atoms with Crippen LogP contribution in [0.3, 0.4) is 0 Å². The van der Waals surface area contributed by atoms with E-state index >= 15 is 0 Å². The Hall–Kier alpha value is -0.910. The van der Waals surface area contributed by atoms with Crippen LogP contribution in [0.2, 0.25) is 0 Å². The van der Waals surface area contributed by atoms with E-state index in [9.17, 15) is 18.0 Å². The minimum atomic E-state index is -3.12. The second kappa shape index (κ2) is 3.84. The van der Waals surface area contributed by atoms with Crippen LogP contribution in [-0.4, -0.2) is 31.7 Å². The largest absolute Gasteiger partial charge is 0.296 e. The Balaban J connectivity index is 2.21. The van der Waals surface area contributed by atoms with Crippen LogP contribution in [-0.2, 0) is 19.4 Å². The van der Waals surface area contributed by atoms with Crippen LogP contribution in [0.15, 0.2) is 0 Å². The third-order valence-electron chi connectivity index (χ3n) is 3.58. The molecule has 2 rings (SSSR count). The zero-order valence-corrected chi connectivity index (χ0v) is 9.92. The molecular formula is C10H15NO4S. The second-order valence-corrected chi connectivity index (χ2v) is 6.95. The van der Waals surface area contributed by atoms with E-state index in [1.165, 1.54) is 6.26 Å². The molecule has 0 bridgehead atoms. The molecule has 2 amide bonds. The van der Waals surface area contributed by atoms with Gasteiger partial charge in [0.25, 0.3) is 0 Å². The van der Waals surface area contributed by atoms with Crippen molar-refractivity contribution in [1.82, 2.24) is 5.32 Å². The molecule has 1 heterocycles. The van der Waals surface area contributed by atoms with Gasteiger partial charge in [-0.1, -0.05) is 6.42 Å². The Kier molecular flexibility index (Phi) is 2.77. The zero-order chi connectivity index (χ0) is 11.9. The van der Waals surface area contributed by atoms with Crippen LogP contribution in [0.25, 0.3) is 0 Å². The van der Waals surface area contributed by atoms with E-state index < -0.39 is 21.0 Å². The van der Waals surface area contributed by atoms with Crippen molar-refractivity contribution < 1.29 is 18.0 Å². The highest BCUT2D eigenvalue weighted by Gasteiger charge is 2.45. The summed E-state index contributed by atoms with van der Waals surface area (Å²) in [7, 11) is -3.12. The van der Waals surface area contributed by atoms with Crippen molar-refractivity contribution in [3.8, 4) is 0 Å². The molecule has 0 radical (unpaired) electrons. The fourth-order valence-electron chi connectivity index (χ4n) is 2.87. The molecule has 90 valence electrons. The summed E-state index contributed by atoms with van der Waals surface area (Å²) in [5.74, 6) is -1.20. The lowest BCUT2D eigenvalue weighted by molar-refractivity contribution is -0.126. The molecule has 3 atom stereocenters. The number of imide groups is 1. The highest BCUT2D eigenvalue weighted by molar-refractivity contribution is 7.91.